The van der Waals surface area contributed by atoms with Gasteiger partial charge >= 0.3 is 0 Å². The zero-order valence-corrected chi connectivity index (χ0v) is 10.8. The van der Waals surface area contributed by atoms with E-state index in [1.807, 2.05) is 0 Å². The molecule has 96 valence electrons. The Morgan fingerprint density at radius 2 is 2.06 bits per heavy atom. The molecule has 16 heavy (non-hydrogen) atoms. The van der Waals surface area contributed by atoms with Crippen LogP contribution in [0.1, 0.15) is 46.5 Å². The highest BCUT2D eigenvalue weighted by atomic mass is 16.5. The third kappa shape index (κ3) is 3.44. The Morgan fingerprint density at radius 1 is 1.38 bits per heavy atom. The summed E-state index contributed by atoms with van der Waals surface area (Å²) >= 11 is 0. The van der Waals surface area contributed by atoms with Gasteiger partial charge in [-0.05, 0) is 31.6 Å². The van der Waals surface area contributed by atoms with E-state index in [1.54, 1.807) is 0 Å². The summed E-state index contributed by atoms with van der Waals surface area (Å²) in [7, 11) is 0. The van der Waals surface area contributed by atoms with E-state index in [1.165, 1.54) is 19.3 Å². The smallest absolute Gasteiger partial charge is 0.100 e. The molecule has 1 saturated carbocycles. The first-order chi connectivity index (χ1) is 7.49. The first-order valence-corrected chi connectivity index (χ1v) is 6.42. The van der Waals surface area contributed by atoms with Crippen LogP contribution in [0.5, 0.6) is 0 Å². The maximum atomic E-state index is 9.35. The van der Waals surface area contributed by atoms with Crippen LogP contribution in [-0.2, 0) is 4.74 Å². The number of hydrogen-bond acceptors (Lipinski definition) is 3. The molecule has 1 aliphatic rings. The molecule has 3 heteroatoms. The van der Waals surface area contributed by atoms with Gasteiger partial charge in [0.15, 0.2) is 0 Å². The van der Waals surface area contributed by atoms with Gasteiger partial charge in [-0.3, -0.25) is 0 Å². The Hall–Kier alpha value is -0.120. The summed E-state index contributed by atoms with van der Waals surface area (Å²) in [6.45, 7) is 6.65. The minimum Gasteiger partial charge on any atom is -0.394 e. The molecule has 1 rings (SSSR count). The van der Waals surface area contributed by atoms with Crippen molar-refractivity contribution in [2.45, 2.75) is 58.2 Å². The second-order valence-electron chi connectivity index (χ2n) is 5.56. The second-order valence-corrected chi connectivity index (χ2v) is 5.56. The fourth-order valence-electron chi connectivity index (χ4n) is 2.89. The Kier molecular flexibility index (Phi) is 5.22. The lowest BCUT2D eigenvalue weighted by molar-refractivity contribution is -0.134. The number of aliphatic hydroxyl groups is 2. The fourth-order valence-corrected chi connectivity index (χ4v) is 2.89. The van der Waals surface area contributed by atoms with E-state index < -0.39 is 6.10 Å². The Labute approximate surface area is 98.8 Å². The lowest BCUT2D eigenvalue weighted by Crippen LogP contribution is -2.44. The van der Waals surface area contributed by atoms with Crippen LogP contribution >= 0.6 is 0 Å². The SMILES string of the molecule is CC(C)C1CCCCC1(C)OCC(O)CO. The van der Waals surface area contributed by atoms with Gasteiger partial charge in [0.25, 0.3) is 0 Å². The van der Waals surface area contributed by atoms with E-state index in [-0.39, 0.29) is 18.8 Å². The quantitative estimate of drug-likeness (QED) is 0.759. The molecule has 1 fully saturated rings. The molecule has 0 aromatic rings. The molecule has 3 atom stereocenters. The fraction of sp³-hybridized carbons (Fsp3) is 1.00. The van der Waals surface area contributed by atoms with Crippen molar-refractivity contribution in [3.63, 3.8) is 0 Å². The number of ether oxygens (including phenoxy) is 1. The van der Waals surface area contributed by atoms with Crippen LogP contribution < -0.4 is 0 Å². The van der Waals surface area contributed by atoms with E-state index in [2.05, 4.69) is 20.8 Å². The van der Waals surface area contributed by atoms with Gasteiger partial charge in [-0.1, -0.05) is 26.7 Å². The monoisotopic (exact) mass is 230 g/mol. The summed E-state index contributed by atoms with van der Waals surface area (Å²) in [5, 5.41) is 18.1. The van der Waals surface area contributed by atoms with Crippen molar-refractivity contribution in [1.29, 1.82) is 0 Å². The van der Waals surface area contributed by atoms with Gasteiger partial charge in [0.1, 0.15) is 6.10 Å². The second kappa shape index (κ2) is 5.99. The predicted octanol–water partition coefficient (Wildman–Crippen LogP) is 1.96. The van der Waals surface area contributed by atoms with Crippen LogP contribution in [0.4, 0.5) is 0 Å². The zero-order valence-electron chi connectivity index (χ0n) is 10.8. The lowest BCUT2D eigenvalue weighted by Gasteiger charge is -2.44. The molecule has 0 aliphatic heterocycles. The van der Waals surface area contributed by atoms with Gasteiger partial charge in [-0.15, -0.1) is 0 Å². The van der Waals surface area contributed by atoms with Crippen molar-refractivity contribution in [2.75, 3.05) is 13.2 Å². The van der Waals surface area contributed by atoms with Gasteiger partial charge in [0.05, 0.1) is 18.8 Å². The van der Waals surface area contributed by atoms with Gasteiger partial charge in [-0.25, -0.2) is 0 Å². The molecule has 3 unspecified atom stereocenters. The molecule has 0 amide bonds. The molecule has 0 aromatic carbocycles. The van der Waals surface area contributed by atoms with E-state index >= 15 is 0 Å². The molecule has 0 spiro atoms. The van der Waals surface area contributed by atoms with Gasteiger partial charge in [-0.2, -0.15) is 0 Å². The van der Waals surface area contributed by atoms with E-state index in [0.29, 0.717) is 11.8 Å². The first-order valence-electron chi connectivity index (χ1n) is 6.42. The first kappa shape index (κ1) is 13.9. The molecule has 0 bridgehead atoms. The van der Waals surface area contributed by atoms with Crippen LogP contribution in [0, 0.1) is 11.8 Å². The molecule has 0 radical (unpaired) electrons. The van der Waals surface area contributed by atoms with Crippen molar-refractivity contribution in [3.8, 4) is 0 Å². The third-order valence-electron chi connectivity index (χ3n) is 3.84. The minimum atomic E-state index is -0.744. The number of rotatable bonds is 5. The van der Waals surface area contributed by atoms with Crippen LogP contribution in [0.25, 0.3) is 0 Å². The van der Waals surface area contributed by atoms with Crippen molar-refractivity contribution in [1.82, 2.24) is 0 Å². The largest absolute Gasteiger partial charge is 0.394 e. The Bertz CT molecular complexity index is 205. The Morgan fingerprint density at radius 3 is 2.62 bits per heavy atom. The lowest BCUT2D eigenvalue weighted by atomic mass is 9.71. The molecular weight excluding hydrogens is 204 g/mol. The van der Waals surface area contributed by atoms with Gasteiger partial charge in [0, 0.05) is 0 Å². The number of hydrogen-bond donors (Lipinski definition) is 2. The van der Waals surface area contributed by atoms with Crippen molar-refractivity contribution < 1.29 is 14.9 Å². The maximum Gasteiger partial charge on any atom is 0.100 e. The summed E-state index contributed by atoms with van der Waals surface area (Å²) in [6.07, 6.45) is 4.02. The van der Waals surface area contributed by atoms with Crippen molar-refractivity contribution >= 4 is 0 Å². The highest BCUT2D eigenvalue weighted by Crippen LogP contribution is 2.40. The topological polar surface area (TPSA) is 49.7 Å². The van der Waals surface area contributed by atoms with Gasteiger partial charge < -0.3 is 14.9 Å². The average molecular weight is 230 g/mol. The standard InChI is InChI=1S/C13H26O3/c1-10(2)12-6-4-5-7-13(12,3)16-9-11(15)8-14/h10-12,14-15H,4-9H2,1-3H3. The Balaban J connectivity index is 2.56. The predicted molar refractivity (Wildman–Crippen MR) is 64.2 cm³/mol. The highest BCUT2D eigenvalue weighted by Gasteiger charge is 2.39. The summed E-state index contributed by atoms with van der Waals surface area (Å²) in [6, 6.07) is 0. The molecular formula is C13H26O3. The van der Waals surface area contributed by atoms with Crippen LogP contribution in [0.3, 0.4) is 0 Å². The number of aliphatic hydroxyl groups excluding tert-OH is 2. The van der Waals surface area contributed by atoms with Crippen LogP contribution in [-0.4, -0.2) is 35.1 Å². The van der Waals surface area contributed by atoms with Crippen molar-refractivity contribution in [2.24, 2.45) is 11.8 Å². The van der Waals surface area contributed by atoms with E-state index in [9.17, 15) is 5.11 Å². The van der Waals surface area contributed by atoms with E-state index in [0.717, 1.165) is 6.42 Å². The minimum absolute atomic E-state index is 0.122. The normalized spacial score (nSPS) is 33.0. The van der Waals surface area contributed by atoms with Crippen LogP contribution in [0.2, 0.25) is 0 Å². The van der Waals surface area contributed by atoms with Crippen LogP contribution in [0.15, 0.2) is 0 Å². The molecule has 3 nitrogen and oxygen atoms in total. The van der Waals surface area contributed by atoms with E-state index in [4.69, 9.17) is 9.84 Å². The highest BCUT2D eigenvalue weighted by molar-refractivity contribution is 4.89. The third-order valence-corrected chi connectivity index (χ3v) is 3.84. The summed E-state index contributed by atoms with van der Waals surface area (Å²) in [4.78, 5) is 0. The molecule has 0 saturated heterocycles. The summed E-state index contributed by atoms with van der Waals surface area (Å²) < 4.78 is 5.89. The molecule has 0 heterocycles. The summed E-state index contributed by atoms with van der Waals surface area (Å²) in [5.41, 5.74) is -0.122. The molecule has 0 aromatic heterocycles. The van der Waals surface area contributed by atoms with Gasteiger partial charge in [0.2, 0.25) is 0 Å². The zero-order chi connectivity index (χ0) is 12.2. The molecule has 1 aliphatic carbocycles. The molecule has 2 N–H and O–H groups in total. The maximum absolute atomic E-state index is 9.35. The summed E-state index contributed by atoms with van der Waals surface area (Å²) in [5.74, 6) is 1.17. The average Bonchev–Trinajstić information content (AvgIpc) is 2.26. The van der Waals surface area contributed by atoms with Crippen molar-refractivity contribution in [3.05, 3.63) is 0 Å².